The fourth-order valence-electron chi connectivity index (χ4n) is 2.22. The maximum atomic E-state index is 12.1. The number of nitro benzene ring substituents is 1. The second-order valence-corrected chi connectivity index (χ2v) is 6.07. The van der Waals surface area contributed by atoms with Gasteiger partial charge in [-0.1, -0.05) is 0 Å². The lowest BCUT2D eigenvalue weighted by Gasteiger charge is -2.13. The number of rotatable bonds is 6. The zero-order valence-corrected chi connectivity index (χ0v) is 14.4. The Morgan fingerprint density at radius 2 is 1.88 bits per heavy atom. The van der Waals surface area contributed by atoms with E-state index in [1.807, 2.05) is 31.4 Å². The first kappa shape index (κ1) is 18.3. The normalized spacial score (nSPS) is 9.96. The first-order valence-corrected chi connectivity index (χ1v) is 8.06. The molecule has 0 fully saturated rings. The monoisotopic (exact) mass is 357 g/mol. The molecule has 2 aromatic rings. The van der Waals surface area contributed by atoms with Crippen LogP contribution in [0.4, 0.5) is 11.4 Å². The van der Waals surface area contributed by atoms with E-state index in [-0.39, 0.29) is 18.2 Å². The van der Waals surface area contributed by atoms with Crippen molar-refractivity contribution in [2.24, 2.45) is 0 Å². The number of ether oxygens (including phenoxy) is 1. The van der Waals surface area contributed by atoms with E-state index in [4.69, 9.17) is 10.00 Å². The van der Waals surface area contributed by atoms with Gasteiger partial charge in [0.05, 0.1) is 4.92 Å². The van der Waals surface area contributed by atoms with Crippen LogP contribution in [-0.2, 0) is 4.79 Å². The molecule has 0 unspecified atom stereocenters. The third-order valence-corrected chi connectivity index (χ3v) is 3.91. The van der Waals surface area contributed by atoms with Crippen molar-refractivity contribution in [2.45, 2.75) is 18.7 Å². The van der Waals surface area contributed by atoms with Gasteiger partial charge in [0, 0.05) is 22.7 Å². The summed E-state index contributed by atoms with van der Waals surface area (Å²) >= 11 is 1.06. The molecule has 7 nitrogen and oxygen atoms in total. The van der Waals surface area contributed by atoms with Gasteiger partial charge >= 0.3 is 0 Å². The number of nitriles is 1. The molecule has 0 aliphatic heterocycles. The third-order valence-electron chi connectivity index (χ3n) is 3.35. The Morgan fingerprint density at radius 3 is 2.40 bits per heavy atom. The van der Waals surface area contributed by atoms with Gasteiger partial charge in [0.2, 0.25) is 0 Å². The summed E-state index contributed by atoms with van der Waals surface area (Å²) in [6, 6.07) is 9.16. The van der Waals surface area contributed by atoms with Crippen molar-refractivity contribution < 1.29 is 14.5 Å². The lowest BCUT2D eigenvalue weighted by Crippen LogP contribution is -2.21. The fraction of sp³-hybridized carbons (Fsp3) is 0.176. The molecule has 0 spiro atoms. The predicted octanol–water partition coefficient (Wildman–Crippen LogP) is 3.80. The largest absolute Gasteiger partial charge is 0.484 e. The molecule has 1 amide bonds. The molecule has 1 N–H and O–H groups in total. The number of amides is 1. The summed E-state index contributed by atoms with van der Waals surface area (Å²) < 4.78 is 5.33. The van der Waals surface area contributed by atoms with Crippen molar-refractivity contribution in [1.82, 2.24) is 0 Å². The van der Waals surface area contributed by atoms with E-state index >= 15 is 0 Å². The number of thiocyanates is 1. The van der Waals surface area contributed by atoms with Crippen LogP contribution in [-0.4, -0.2) is 17.4 Å². The zero-order chi connectivity index (χ0) is 18.4. The number of aryl methyl sites for hydroxylation is 2. The SMILES string of the molecule is Cc1cc(SC#N)cc(C)c1NC(=O)COc1ccc([N+](=O)[O-])cc1. The van der Waals surface area contributed by atoms with Crippen LogP contribution in [0.1, 0.15) is 11.1 Å². The Labute approximate surface area is 148 Å². The molecule has 0 radical (unpaired) electrons. The van der Waals surface area contributed by atoms with Crippen LogP contribution in [0.15, 0.2) is 41.3 Å². The highest BCUT2D eigenvalue weighted by Crippen LogP contribution is 2.27. The highest BCUT2D eigenvalue weighted by molar-refractivity contribution is 8.03. The second-order valence-electron chi connectivity index (χ2n) is 5.21. The van der Waals surface area contributed by atoms with Crippen molar-refractivity contribution >= 4 is 29.0 Å². The molecule has 0 saturated heterocycles. The van der Waals surface area contributed by atoms with E-state index in [1.165, 1.54) is 24.3 Å². The van der Waals surface area contributed by atoms with Crippen LogP contribution >= 0.6 is 11.8 Å². The molecule has 0 atom stereocenters. The van der Waals surface area contributed by atoms with Gasteiger partial charge in [0.25, 0.3) is 11.6 Å². The minimum atomic E-state index is -0.504. The van der Waals surface area contributed by atoms with E-state index in [1.54, 1.807) is 0 Å². The minimum absolute atomic E-state index is 0.0432. The highest BCUT2D eigenvalue weighted by Gasteiger charge is 2.11. The molecular weight excluding hydrogens is 342 g/mol. The smallest absolute Gasteiger partial charge is 0.269 e. The van der Waals surface area contributed by atoms with Crippen molar-refractivity contribution in [3.8, 4) is 11.2 Å². The van der Waals surface area contributed by atoms with E-state index in [0.717, 1.165) is 27.8 Å². The molecular formula is C17H15N3O4S. The van der Waals surface area contributed by atoms with Gasteiger partial charge in [-0.2, -0.15) is 5.26 Å². The third kappa shape index (κ3) is 4.96. The molecule has 25 heavy (non-hydrogen) atoms. The van der Waals surface area contributed by atoms with Crippen molar-refractivity contribution in [3.63, 3.8) is 0 Å². The van der Waals surface area contributed by atoms with E-state index < -0.39 is 4.92 Å². The van der Waals surface area contributed by atoms with Crippen LogP contribution in [0, 0.1) is 34.6 Å². The molecule has 0 aromatic heterocycles. The van der Waals surface area contributed by atoms with Gasteiger partial charge in [-0.25, -0.2) is 0 Å². The van der Waals surface area contributed by atoms with Crippen molar-refractivity contribution in [2.75, 3.05) is 11.9 Å². The first-order chi connectivity index (χ1) is 11.9. The number of hydrogen-bond acceptors (Lipinski definition) is 6. The van der Waals surface area contributed by atoms with Gasteiger partial charge in [-0.3, -0.25) is 14.9 Å². The summed E-state index contributed by atoms with van der Waals surface area (Å²) in [4.78, 5) is 23.0. The maximum absolute atomic E-state index is 12.1. The number of nitro groups is 1. The average molecular weight is 357 g/mol. The molecule has 2 aromatic carbocycles. The van der Waals surface area contributed by atoms with Crippen LogP contribution < -0.4 is 10.1 Å². The topological polar surface area (TPSA) is 105 Å². The number of nitrogens with zero attached hydrogens (tertiary/aromatic N) is 2. The van der Waals surface area contributed by atoms with Gasteiger partial charge in [-0.15, -0.1) is 0 Å². The molecule has 0 saturated carbocycles. The zero-order valence-electron chi connectivity index (χ0n) is 13.6. The van der Waals surface area contributed by atoms with Crippen LogP contribution in [0.5, 0.6) is 5.75 Å². The highest BCUT2D eigenvalue weighted by atomic mass is 32.2. The Balaban J connectivity index is 1.98. The quantitative estimate of drug-likeness (QED) is 0.365. The Morgan fingerprint density at radius 1 is 1.28 bits per heavy atom. The Kier molecular flexibility index (Phi) is 5.98. The van der Waals surface area contributed by atoms with Crippen LogP contribution in [0.3, 0.4) is 0 Å². The summed E-state index contributed by atoms with van der Waals surface area (Å²) in [5, 5.41) is 24.1. The van der Waals surface area contributed by atoms with Crippen molar-refractivity contribution in [3.05, 3.63) is 57.6 Å². The standard InChI is InChI=1S/C17H15N3O4S/c1-11-7-15(25-10-18)8-12(2)17(11)19-16(21)9-24-14-5-3-13(4-6-14)20(22)23/h3-8H,9H2,1-2H3,(H,19,21). The summed E-state index contributed by atoms with van der Waals surface area (Å²) in [6.45, 7) is 3.48. The number of anilines is 1. The summed E-state index contributed by atoms with van der Waals surface area (Å²) in [6.07, 6.45) is 0. The molecule has 2 rings (SSSR count). The summed E-state index contributed by atoms with van der Waals surface area (Å²) in [5.74, 6) is 0.0280. The number of hydrogen-bond donors (Lipinski definition) is 1. The molecule has 0 heterocycles. The van der Waals surface area contributed by atoms with Crippen LogP contribution in [0.2, 0.25) is 0 Å². The Bertz CT molecular complexity index is 821. The number of non-ortho nitro benzene ring substituents is 1. The number of carbonyl (C=O) groups is 1. The fourth-order valence-corrected chi connectivity index (χ4v) is 2.80. The van der Waals surface area contributed by atoms with E-state index in [9.17, 15) is 14.9 Å². The van der Waals surface area contributed by atoms with Gasteiger partial charge in [-0.05, 0) is 61.0 Å². The molecule has 8 heteroatoms. The summed E-state index contributed by atoms with van der Waals surface area (Å²) in [5.41, 5.74) is 2.33. The molecule has 0 aliphatic rings. The molecule has 0 bridgehead atoms. The summed E-state index contributed by atoms with van der Waals surface area (Å²) in [7, 11) is 0. The second kappa shape index (κ2) is 8.17. The first-order valence-electron chi connectivity index (χ1n) is 7.25. The lowest BCUT2D eigenvalue weighted by atomic mass is 10.1. The average Bonchev–Trinajstić information content (AvgIpc) is 2.57. The lowest BCUT2D eigenvalue weighted by molar-refractivity contribution is -0.384. The maximum Gasteiger partial charge on any atom is 0.269 e. The minimum Gasteiger partial charge on any atom is -0.484 e. The predicted molar refractivity (Wildman–Crippen MR) is 94.6 cm³/mol. The molecule has 0 aliphatic carbocycles. The molecule has 128 valence electrons. The van der Waals surface area contributed by atoms with Gasteiger partial charge < -0.3 is 10.1 Å². The Hall–Kier alpha value is -3.05. The van der Waals surface area contributed by atoms with E-state index in [2.05, 4.69) is 5.32 Å². The van der Waals surface area contributed by atoms with Crippen LogP contribution in [0.25, 0.3) is 0 Å². The number of carbonyl (C=O) groups excluding carboxylic acids is 1. The number of benzene rings is 2. The number of nitrogens with one attached hydrogen (secondary N) is 1. The van der Waals surface area contributed by atoms with Crippen molar-refractivity contribution in [1.29, 1.82) is 5.26 Å². The number of thioether (sulfide) groups is 1. The van der Waals surface area contributed by atoms with E-state index in [0.29, 0.717) is 11.4 Å². The van der Waals surface area contributed by atoms with Gasteiger partial charge in [0.15, 0.2) is 6.61 Å². The van der Waals surface area contributed by atoms with Gasteiger partial charge in [0.1, 0.15) is 11.2 Å².